The lowest BCUT2D eigenvalue weighted by Crippen LogP contribution is -2.23. The number of hydrogen-bond donors (Lipinski definition) is 1. The molecule has 0 amide bonds. The number of hydrogen-bond acceptors (Lipinski definition) is 5. The molecule has 2 aromatic rings. The van der Waals surface area contributed by atoms with Gasteiger partial charge in [-0.3, -0.25) is 4.79 Å². The highest BCUT2D eigenvalue weighted by Gasteiger charge is 2.19. The lowest BCUT2D eigenvalue weighted by atomic mass is 9.97. The molecule has 100 valence electrons. The minimum absolute atomic E-state index is 0.125. The average molecular weight is 277 g/mol. The molecule has 0 bridgehead atoms. The van der Waals surface area contributed by atoms with Crippen molar-refractivity contribution >= 4 is 27.5 Å². The van der Waals surface area contributed by atoms with E-state index in [9.17, 15) is 14.7 Å². The summed E-state index contributed by atoms with van der Waals surface area (Å²) in [6.45, 7) is 0. The highest BCUT2D eigenvalue weighted by molar-refractivity contribution is 7.18. The van der Waals surface area contributed by atoms with Gasteiger partial charge in [0.15, 0.2) is 0 Å². The predicted octanol–water partition coefficient (Wildman–Crippen LogP) is 0.546. The SMILES string of the molecule is O=C([O-])CCc1nc2sc3c(c2c(=O)[nH]1)CCCC3. The van der Waals surface area contributed by atoms with Crippen molar-refractivity contribution in [1.82, 2.24) is 9.97 Å². The van der Waals surface area contributed by atoms with E-state index in [1.54, 1.807) is 11.3 Å². The molecule has 0 saturated heterocycles. The number of H-pyrrole nitrogens is 1. The Kier molecular flexibility index (Phi) is 3.10. The number of fused-ring (bicyclic) bond motifs is 3. The number of aromatic amines is 1. The maximum absolute atomic E-state index is 12.1. The van der Waals surface area contributed by atoms with Gasteiger partial charge < -0.3 is 14.9 Å². The predicted molar refractivity (Wildman–Crippen MR) is 70.2 cm³/mol. The van der Waals surface area contributed by atoms with Crippen LogP contribution in [0.2, 0.25) is 0 Å². The Balaban J connectivity index is 2.06. The van der Waals surface area contributed by atoms with E-state index in [2.05, 4.69) is 9.97 Å². The van der Waals surface area contributed by atoms with Gasteiger partial charge in [-0.15, -0.1) is 11.3 Å². The molecule has 0 atom stereocenters. The van der Waals surface area contributed by atoms with Crippen LogP contribution in [0.5, 0.6) is 0 Å². The van der Waals surface area contributed by atoms with Gasteiger partial charge in [-0.05, 0) is 37.7 Å². The van der Waals surface area contributed by atoms with Crippen molar-refractivity contribution in [3.63, 3.8) is 0 Å². The van der Waals surface area contributed by atoms with Gasteiger partial charge in [-0.1, -0.05) is 0 Å². The maximum Gasteiger partial charge on any atom is 0.259 e. The maximum atomic E-state index is 12.1. The van der Waals surface area contributed by atoms with Gasteiger partial charge in [0.1, 0.15) is 10.7 Å². The first-order valence-electron chi connectivity index (χ1n) is 6.38. The van der Waals surface area contributed by atoms with Crippen molar-refractivity contribution in [3.8, 4) is 0 Å². The smallest absolute Gasteiger partial charge is 0.259 e. The van der Waals surface area contributed by atoms with Crippen LogP contribution in [0, 0.1) is 0 Å². The van der Waals surface area contributed by atoms with E-state index in [1.165, 1.54) is 4.88 Å². The molecule has 5 nitrogen and oxygen atoms in total. The third kappa shape index (κ3) is 2.28. The Morgan fingerprint density at radius 3 is 2.95 bits per heavy atom. The summed E-state index contributed by atoms with van der Waals surface area (Å²) in [6.07, 6.45) is 4.32. The summed E-state index contributed by atoms with van der Waals surface area (Å²) in [5.41, 5.74) is 1.00. The summed E-state index contributed by atoms with van der Waals surface area (Å²) in [7, 11) is 0. The van der Waals surface area contributed by atoms with Crippen LogP contribution in [0.4, 0.5) is 0 Å². The minimum atomic E-state index is -1.13. The van der Waals surface area contributed by atoms with Crippen LogP contribution < -0.4 is 10.7 Å². The molecule has 1 aliphatic carbocycles. The molecule has 6 heteroatoms. The highest BCUT2D eigenvalue weighted by atomic mass is 32.1. The second kappa shape index (κ2) is 4.77. The minimum Gasteiger partial charge on any atom is -0.550 e. The first-order valence-corrected chi connectivity index (χ1v) is 7.20. The molecule has 2 heterocycles. The highest BCUT2D eigenvalue weighted by Crippen LogP contribution is 2.33. The Hall–Kier alpha value is -1.69. The molecule has 0 saturated carbocycles. The molecule has 0 fully saturated rings. The van der Waals surface area contributed by atoms with Crippen molar-refractivity contribution in [3.05, 3.63) is 26.6 Å². The third-order valence-corrected chi connectivity index (χ3v) is 4.63. The Morgan fingerprint density at radius 1 is 1.37 bits per heavy atom. The Morgan fingerprint density at radius 2 is 2.16 bits per heavy atom. The number of aliphatic carboxylic acids is 1. The first-order chi connectivity index (χ1) is 9.15. The van der Waals surface area contributed by atoms with E-state index in [0.717, 1.165) is 36.1 Å². The average Bonchev–Trinajstić information content (AvgIpc) is 2.74. The standard InChI is InChI=1S/C13H14N2O3S/c16-10(17)6-5-9-14-12(18)11-7-3-1-2-4-8(7)19-13(11)15-9/h1-6H2,(H,16,17)(H,14,15,18)/p-1. The lowest BCUT2D eigenvalue weighted by molar-refractivity contribution is -0.305. The number of nitrogens with zero attached hydrogens (tertiary/aromatic N) is 1. The van der Waals surface area contributed by atoms with Gasteiger partial charge in [-0.25, -0.2) is 4.98 Å². The molecule has 2 aromatic heterocycles. The molecular formula is C13H13N2O3S-. The monoisotopic (exact) mass is 277 g/mol. The summed E-state index contributed by atoms with van der Waals surface area (Å²) in [6, 6.07) is 0. The third-order valence-electron chi connectivity index (χ3n) is 3.44. The molecule has 0 aliphatic heterocycles. The summed E-state index contributed by atoms with van der Waals surface area (Å²) in [4.78, 5) is 31.7. The van der Waals surface area contributed by atoms with E-state index in [-0.39, 0.29) is 18.4 Å². The van der Waals surface area contributed by atoms with E-state index in [4.69, 9.17) is 0 Å². The number of aryl methyl sites for hydroxylation is 3. The van der Waals surface area contributed by atoms with Crippen molar-refractivity contribution in [1.29, 1.82) is 0 Å². The summed E-state index contributed by atoms with van der Waals surface area (Å²) < 4.78 is 0. The van der Waals surface area contributed by atoms with Gasteiger partial charge in [0.05, 0.1) is 5.39 Å². The molecule has 0 unspecified atom stereocenters. The van der Waals surface area contributed by atoms with Gasteiger partial charge in [0.25, 0.3) is 5.56 Å². The summed E-state index contributed by atoms with van der Waals surface area (Å²) >= 11 is 1.57. The number of carbonyl (C=O) groups is 1. The number of thiophene rings is 1. The van der Waals surface area contributed by atoms with Gasteiger partial charge in [0, 0.05) is 17.3 Å². The zero-order valence-corrected chi connectivity index (χ0v) is 11.1. The number of aromatic nitrogens is 2. The molecule has 3 rings (SSSR count). The van der Waals surface area contributed by atoms with Crippen LogP contribution in [-0.4, -0.2) is 15.9 Å². The quantitative estimate of drug-likeness (QED) is 0.887. The van der Waals surface area contributed by atoms with E-state index in [0.29, 0.717) is 11.2 Å². The summed E-state index contributed by atoms with van der Waals surface area (Å²) in [5.74, 6) is -0.700. The number of rotatable bonds is 3. The molecule has 19 heavy (non-hydrogen) atoms. The Labute approximate surface area is 113 Å². The van der Waals surface area contributed by atoms with Gasteiger partial charge in [-0.2, -0.15) is 0 Å². The fourth-order valence-electron chi connectivity index (χ4n) is 2.55. The van der Waals surface area contributed by atoms with Crippen LogP contribution in [0.3, 0.4) is 0 Å². The lowest BCUT2D eigenvalue weighted by Gasteiger charge is -2.09. The first kappa shape index (κ1) is 12.3. The van der Waals surface area contributed by atoms with E-state index >= 15 is 0 Å². The largest absolute Gasteiger partial charge is 0.550 e. The van der Waals surface area contributed by atoms with Crippen LogP contribution in [0.1, 0.15) is 35.5 Å². The van der Waals surface area contributed by atoms with Crippen molar-refractivity contribution in [2.75, 3.05) is 0 Å². The van der Waals surface area contributed by atoms with E-state index < -0.39 is 5.97 Å². The van der Waals surface area contributed by atoms with Crippen LogP contribution in [-0.2, 0) is 24.1 Å². The molecule has 1 N–H and O–H groups in total. The molecule has 0 radical (unpaired) electrons. The summed E-state index contributed by atoms with van der Waals surface area (Å²) in [5, 5.41) is 11.2. The molecule has 1 aliphatic rings. The van der Waals surface area contributed by atoms with Crippen LogP contribution in [0.15, 0.2) is 4.79 Å². The fourth-order valence-corrected chi connectivity index (χ4v) is 3.83. The topological polar surface area (TPSA) is 85.9 Å². The van der Waals surface area contributed by atoms with Crippen molar-refractivity contribution in [2.24, 2.45) is 0 Å². The number of carboxylic acids is 1. The second-order valence-corrected chi connectivity index (χ2v) is 5.86. The molecule has 0 aromatic carbocycles. The molecule has 0 spiro atoms. The second-order valence-electron chi connectivity index (χ2n) is 4.78. The number of nitrogens with one attached hydrogen (secondary N) is 1. The Bertz CT molecular complexity index is 702. The number of carboxylic acid groups (broad SMARTS) is 1. The molecular weight excluding hydrogens is 264 g/mol. The normalized spacial score (nSPS) is 14.5. The zero-order chi connectivity index (χ0) is 13.4. The van der Waals surface area contributed by atoms with Crippen molar-refractivity contribution in [2.45, 2.75) is 38.5 Å². The van der Waals surface area contributed by atoms with Gasteiger partial charge >= 0.3 is 0 Å². The number of carbonyl (C=O) groups excluding carboxylic acids is 1. The fraction of sp³-hybridized carbons (Fsp3) is 0.462. The van der Waals surface area contributed by atoms with Gasteiger partial charge in [0.2, 0.25) is 0 Å². The van der Waals surface area contributed by atoms with Crippen LogP contribution >= 0.6 is 11.3 Å². The zero-order valence-electron chi connectivity index (χ0n) is 10.3. The van der Waals surface area contributed by atoms with Crippen LogP contribution in [0.25, 0.3) is 10.2 Å². The van der Waals surface area contributed by atoms with Crippen molar-refractivity contribution < 1.29 is 9.90 Å². The van der Waals surface area contributed by atoms with E-state index in [1.807, 2.05) is 0 Å².